The smallest absolute Gasteiger partial charge is 0.254 e. The van der Waals surface area contributed by atoms with Crippen LogP contribution in [0.3, 0.4) is 0 Å². The first-order valence-electron chi connectivity index (χ1n) is 8.83. The van der Waals surface area contributed by atoms with E-state index in [1.807, 2.05) is 48.5 Å². The molecule has 1 heterocycles. The van der Waals surface area contributed by atoms with Gasteiger partial charge in [-0.05, 0) is 30.2 Å². The van der Waals surface area contributed by atoms with Gasteiger partial charge in [-0.3, -0.25) is 4.79 Å². The highest BCUT2D eigenvalue weighted by molar-refractivity contribution is 5.93. The molecule has 0 aliphatic heterocycles. The molecule has 0 fully saturated rings. The molecule has 7 nitrogen and oxygen atoms in total. The van der Waals surface area contributed by atoms with Crippen LogP contribution < -0.4 is 20.1 Å². The number of nitrogens with one attached hydrogen (secondary N) is 2. The van der Waals surface area contributed by atoms with E-state index in [1.54, 1.807) is 14.2 Å². The quantitative estimate of drug-likeness (QED) is 0.626. The molecule has 1 aromatic heterocycles. The van der Waals surface area contributed by atoms with E-state index in [-0.39, 0.29) is 5.91 Å². The number of carbonyl (C=O) groups excluding carboxylic acids is 1. The third-order valence-corrected chi connectivity index (χ3v) is 4.14. The summed E-state index contributed by atoms with van der Waals surface area (Å²) in [5.74, 6) is 1.66. The van der Waals surface area contributed by atoms with Gasteiger partial charge in [-0.25, -0.2) is 9.97 Å². The van der Waals surface area contributed by atoms with Crippen molar-refractivity contribution in [3.63, 3.8) is 0 Å². The van der Waals surface area contributed by atoms with Crippen LogP contribution in [-0.2, 0) is 6.42 Å². The maximum Gasteiger partial charge on any atom is 0.254 e. The number of carbonyl (C=O) groups is 1. The van der Waals surface area contributed by atoms with Gasteiger partial charge in [0.05, 0.1) is 25.5 Å². The minimum absolute atomic E-state index is 0.223. The fourth-order valence-corrected chi connectivity index (χ4v) is 2.70. The van der Waals surface area contributed by atoms with Gasteiger partial charge in [0.25, 0.3) is 5.91 Å². The number of hydrogen-bond acceptors (Lipinski definition) is 6. The van der Waals surface area contributed by atoms with Gasteiger partial charge < -0.3 is 20.1 Å². The Kier molecular flexibility index (Phi) is 6.41. The Morgan fingerprint density at radius 3 is 2.29 bits per heavy atom. The van der Waals surface area contributed by atoms with Crippen molar-refractivity contribution >= 4 is 17.5 Å². The van der Waals surface area contributed by atoms with Crippen LogP contribution in [0.5, 0.6) is 11.5 Å². The minimum atomic E-state index is -0.223. The van der Waals surface area contributed by atoms with Crippen molar-refractivity contribution in [3.8, 4) is 11.5 Å². The highest BCUT2D eigenvalue weighted by Gasteiger charge is 2.09. The summed E-state index contributed by atoms with van der Waals surface area (Å²) in [5.41, 5.74) is 2.18. The fourth-order valence-electron chi connectivity index (χ4n) is 2.70. The Balaban J connectivity index is 1.56. The SMILES string of the molecule is COc1ccccc1CCNC(=O)c1cnc(Nc2ccccc2OC)nc1. The normalized spacial score (nSPS) is 10.2. The first kappa shape index (κ1) is 19.2. The van der Waals surface area contributed by atoms with E-state index >= 15 is 0 Å². The van der Waals surface area contributed by atoms with Crippen LogP contribution in [0.1, 0.15) is 15.9 Å². The monoisotopic (exact) mass is 378 g/mol. The molecule has 3 rings (SSSR count). The predicted molar refractivity (Wildman–Crippen MR) is 107 cm³/mol. The minimum Gasteiger partial charge on any atom is -0.496 e. The van der Waals surface area contributed by atoms with Crippen LogP contribution in [0.2, 0.25) is 0 Å². The number of para-hydroxylation sites is 3. The van der Waals surface area contributed by atoms with Crippen LogP contribution in [-0.4, -0.2) is 36.6 Å². The van der Waals surface area contributed by atoms with Crippen molar-refractivity contribution < 1.29 is 14.3 Å². The first-order valence-corrected chi connectivity index (χ1v) is 8.83. The molecular formula is C21H22N4O3. The molecule has 0 saturated heterocycles. The molecule has 0 saturated carbocycles. The third kappa shape index (κ3) is 4.76. The Hall–Kier alpha value is -3.61. The van der Waals surface area contributed by atoms with E-state index in [2.05, 4.69) is 20.6 Å². The number of rotatable bonds is 8. The maximum absolute atomic E-state index is 12.3. The van der Waals surface area contributed by atoms with Crippen molar-refractivity contribution in [1.82, 2.24) is 15.3 Å². The van der Waals surface area contributed by atoms with Crippen LogP contribution >= 0.6 is 0 Å². The maximum atomic E-state index is 12.3. The molecule has 7 heteroatoms. The topological polar surface area (TPSA) is 85.4 Å². The average Bonchev–Trinajstić information content (AvgIpc) is 2.75. The molecule has 28 heavy (non-hydrogen) atoms. The second kappa shape index (κ2) is 9.36. The molecule has 2 N–H and O–H groups in total. The zero-order valence-electron chi connectivity index (χ0n) is 15.8. The van der Waals surface area contributed by atoms with Crippen LogP contribution in [0.15, 0.2) is 60.9 Å². The Morgan fingerprint density at radius 2 is 1.57 bits per heavy atom. The number of anilines is 2. The van der Waals surface area contributed by atoms with Crippen LogP contribution in [0.4, 0.5) is 11.6 Å². The standard InChI is InChI=1S/C21H22N4O3/c1-27-18-9-5-3-7-15(18)11-12-22-20(26)16-13-23-21(24-14-16)25-17-8-4-6-10-19(17)28-2/h3-10,13-14H,11-12H2,1-2H3,(H,22,26)(H,23,24,25). The molecule has 0 bridgehead atoms. The summed E-state index contributed by atoms with van der Waals surface area (Å²) >= 11 is 0. The second-order valence-corrected chi connectivity index (χ2v) is 5.94. The number of aromatic nitrogens is 2. The highest BCUT2D eigenvalue weighted by Crippen LogP contribution is 2.25. The van der Waals surface area contributed by atoms with Crippen LogP contribution in [0.25, 0.3) is 0 Å². The van der Waals surface area contributed by atoms with Gasteiger partial charge in [0.2, 0.25) is 5.95 Å². The van der Waals surface area contributed by atoms with Crippen molar-refractivity contribution in [1.29, 1.82) is 0 Å². The summed E-state index contributed by atoms with van der Waals surface area (Å²) in [5, 5.41) is 5.95. The molecule has 2 aromatic carbocycles. The molecular weight excluding hydrogens is 356 g/mol. The van der Waals surface area contributed by atoms with Crippen molar-refractivity contribution in [2.75, 3.05) is 26.1 Å². The van der Waals surface area contributed by atoms with E-state index in [4.69, 9.17) is 9.47 Å². The first-order chi connectivity index (χ1) is 13.7. The summed E-state index contributed by atoms with van der Waals surface area (Å²) in [7, 11) is 3.23. The van der Waals surface area contributed by atoms with Gasteiger partial charge in [0.1, 0.15) is 11.5 Å². The molecule has 0 spiro atoms. The Bertz CT molecular complexity index is 929. The summed E-state index contributed by atoms with van der Waals surface area (Å²) in [6, 6.07) is 15.2. The van der Waals surface area contributed by atoms with E-state index in [9.17, 15) is 4.79 Å². The van der Waals surface area contributed by atoms with E-state index in [0.717, 1.165) is 17.0 Å². The second-order valence-electron chi connectivity index (χ2n) is 5.94. The summed E-state index contributed by atoms with van der Waals surface area (Å²) in [4.78, 5) is 20.7. The summed E-state index contributed by atoms with van der Waals surface area (Å²) in [6.07, 6.45) is 3.65. The zero-order chi connectivity index (χ0) is 19.8. The lowest BCUT2D eigenvalue weighted by atomic mass is 10.1. The Morgan fingerprint density at radius 1 is 0.929 bits per heavy atom. The van der Waals surface area contributed by atoms with Crippen LogP contribution in [0, 0.1) is 0 Å². The van der Waals surface area contributed by atoms with Gasteiger partial charge in [-0.1, -0.05) is 30.3 Å². The lowest BCUT2D eigenvalue weighted by Crippen LogP contribution is -2.26. The largest absolute Gasteiger partial charge is 0.496 e. The van der Waals surface area contributed by atoms with Gasteiger partial charge in [-0.15, -0.1) is 0 Å². The van der Waals surface area contributed by atoms with Gasteiger partial charge in [0, 0.05) is 18.9 Å². The van der Waals surface area contributed by atoms with E-state index in [0.29, 0.717) is 30.2 Å². The van der Waals surface area contributed by atoms with Crippen molar-refractivity contribution in [3.05, 3.63) is 72.1 Å². The summed E-state index contributed by atoms with van der Waals surface area (Å²) in [6.45, 7) is 0.487. The van der Waals surface area contributed by atoms with E-state index < -0.39 is 0 Å². The average molecular weight is 378 g/mol. The van der Waals surface area contributed by atoms with Crippen molar-refractivity contribution in [2.45, 2.75) is 6.42 Å². The number of hydrogen-bond donors (Lipinski definition) is 2. The third-order valence-electron chi connectivity index (χ3n) is 4.14. The van der Waals surface area contributed by atoms with Crippen molar-refractivity contribution in [2.24, 2.45) is 0 Å². The molecule has 0 unspecified atom stereocenters. The lowest BCUT2D eigenvalue weighted by molar-refractivity contribution is 0.0953. The molecule has 0 radical (unpaired) electrons. The van der Waals surface area contributed by atoms with E-state index in [1.165, 1.54) is 12.4 Å². The molecule has 1 amide bonds. The number of amides is 1. The van der Waals surface area contributed by atoms with Gasteiger partial charge in [0.15, 0.2) is 0 Å². The summed E-state index contributed by atoms with van der Waals surface area (Å²) < 4.78 is 10.6. The molecule has 144 valence electrons. The molecule has 3 aromatic rings. The number of ether oxygens (including phenoxy) is 2. The zero-order valence-corrected chi connectivity index (χ0v) is 15.8. The highest BCUT2D eigenvalue weighted by atomic mass is 16.5. The lowest BCUT2D eigenvalue weighted by Gasteiger charge is -2.10. The number of nitrogens with zero attached hydrogens (tertiary/aromatic N) is 2. The predicted octanol–water partition coefficient (Wildman–Crippen LogP) is 3.21. The van der Waals surface area contributed by atoms with Gasteiger partial charge in [-0.2, -0.15) is 0 Å². The van der Waals surface area contributed by atoms with Gasteiger partial charge >= 0.3 is 0 Å². The number of methoxy groups -OCH3 is 2. The molecule has 0 aliphatic carbocycles. The molecule has 0 atom stereocenters. The Labute approximate surface area is 163 Å². The fraction of sp³-hybridized carbons (Fsp3) is 0.190. The number of benzene rings is 2. The molecule has 0 aliphatic rings.